The quantitative estimate of drug-likeness (QED) is 0.649. The van der Waals surface area contributed by atoms with Gasteiger partial charge in [-0.1, -0.05) is 12.1 Å². The van der Waals surface area contributed by atoms with Crippen LogP contribution >= 0.6 is 0 Å². The number of carbonyl (C=O) groups is 1. The zero-order chi connectivity index (χ0) is 15.2. The Kier molecular flexibility index (Phi) is 4.50. The molecule has 1 heterocycles. The molecule has 0 saturated carbocycles. The lowest BCUT2D eigenvalue weighted by Crippen LogP contribution is -2.38. The topological polar surface area (TPSA) is 102 Å². The number of nitrogens with one attached hydrogen (secondary N) is 2. The molecular weight excluding hydrogens is 274 g/mol. The van der Waals surface area contributed by atoms with E-state index < -0.39 is 11.0 Å². The molecule has 0 saturated heterocycles. The molecule has 2 rings (SSSR count). The number of anilines is 1. The highest BCUT2D eigenvalue weighted by Crippen LogP contribution is 2.22. The standard InChI is InChI=1S/C13H15N5O3/c1-10(9-17-8-4-7-14-17)15-13(19)16-11-5-2-3-6-12(11)18(20)21/h2-8,10H,9H2,1H3,(H2,15,16,19)/t10-/m0/s1. The Bertz CT molecular complexity index is 626. The molecule has 8 heteroatoms. The van der Waals surface area contributed by atoms with Gasteiger partial charge in [-0.15, -0.1) is 0 Å². The van der Waals surface area contributed by atoms with Crippen molar-refractivity contribution in [2.24, 2.45) is 0 Å². The van der Waals surface area contributed by atoms with Crippen LogP contribution in [0.4, 0.5) is 16.2 Å². The van der Waals surface area contributed by atoms with Crippen LogP contribution in [0.1, 0.15) is 6.92 Å². The lowest BCUT2D eigenvalue weighted by atomic mass is 10.2. The second kappa shape index (κ2) is 6.51. The molecule has 0 radical (unpaired) electrons. The maximum Gasteiger partial charge on any atom is 0.319 e. The first-order valence-electron chi connectivity index (χ1n) is 6.34. The Morgan fingerprint density at radius 1 is 1.43 bits per heavy atom. The highest BCUT2D eigenvalue weighted by molar-refractivity contribution is 5.91. The van der Waals surface area contributed by atoms with E-state index in [2.05, 4.69) is 15.7 Å². The van der Waals surface area contributed by atoms with Gasteiger partial charge in [-0.05, 0) is 19.1 Å². The number of rotatable bonds is 5. The van der Waals surface area contributed by atoms with E-state index >= 15 is 0 Å². The molecule has 2 N–H and O–H groups in total. The van der Waals surface area contributed by atoms with Gasteiger partial charge in [0.25, 0.3) is 5.69 Å². The average Bonchev–Trinajstić information content (AvgIpc) is 2.91. The summed E-state index contributed by atoms with van der Waals surface area (Å²) in [4.78, 5) is 22.2. The first-order valence-corrected chi connectivity index (χ1v) is 6.34. The summed E-state index contributed by atoms with van der Waals surface area (Å²) >= 11 is 0. The van der Waals surface area contributed by atoms with Crippen LogP contribution in [0.3, 0.4) is 0 Å². The van der Waals surface area contributed by atoms with E-state index in [1.165, 1.54) is 12.1 Å². The van der Waals surface area contributed by atoms with Crippen molar-refractivity contribution in [1.29, 1.82) is 0 Å². The first-order chi connectivity index (χ1) is 10.1. The second-order valence-corrected chi connectivity index (χ2v) is 4.50. The monoisotopic (exact) mass is 289 g/mol. The van der Waals surface area contributed by atoms with Crippen LogP contribution in [0, 0.1) is 10.1 Å². The molecule has 110 valence electrons. The van der Waals surface area contributed by atoms with Crippen LogP contribution < -0.4 is 10.6 Å². The number of nitro benzene ring substituents is 1. The predicted molar refractivity (Wildman–Crippen MR) is 76.9 cm³/mol. The van der Waals surface area contributed by atoms with Crippen LogP contribution in [-0.4, -0.2) is 26.8 Å². The number of para-hydroxylation sites is 2. The van der Waals surface area contributed by atoms with Gasteiger partial charge in [0, 0.05) is 24.5 Å². The van der Waals surface area contributed by atoms with E-state index in [4.69, 9.17) is 0 Å². The zero-order valence-electron chi connectivity index (χ0n) is 11.4. The molecule has 0 spiro atoms. The fourth-order valence-corrected chi connectivity index (χ4v) is 1.86. The number of amides is 2. The Hall–Kier alpha value is -2.90. The number of carbonyl (C=O) groups excluding carboxylic acids is 1. The van der Waals surface area contributed by atoms with Gasteiger partial charge in [0.15, 0.2) is 0 Å². The molecule has 1 aromatic carbocycles. The Balaban J connectivity index is 1.94. The van der Waals surface area contributed by atoms with E-state index in [1.54, 1.807) is 35.3 Å². The molecule has 0 bridgehead atoms. The summed E-state index contributed by atoms with van der Waals surface area (Å²) in [5.41, 5.74) is 0.0127. The molecule has 1 atom stereocenters. The van der Waals surface area contributed by atoms with E-state index in [9.17, 15) is 14.9 Å². The van der Waals surface area contributed by atoms with Crippen LogP contribution in [-0.2, 0) is 6.54 Å². The number of benzene rings is 1. The molecule has 2 aromatic rings. The Labute approximate surface area is 120 Å². The van der Waals surface area contributed by atoms with Gasteiger partial charge in [-0.25, -0.2) is 4.79 Å². The normalized spacial score (nSPS) is 11.7. The number of hydrogen-bond acceptors (Lipinski definition) is 4. The Morgan fingerprint density at radius 3 is 2.86 bits per heavy atom. The van der Waals surface area contributed by atoms with Crippen LogP contribution in [0.5, 0.6) is 0 Å². The molecule has 2 amide bonds. The molecule has 0 unspecified atom stereocenters. The zero-order valence-corrected chi connectivity index (χ0v) is 11.4. The third-order valence-electron chi connectivity index (χ3n) is 2.75. The number of hydrogen-bond donors (Lipinski definition) is 2. The summed E-state index contributed by atoms with van der Waals surface area (Å²) in [6.45, 7) is 2.33. The van der Waals surface area contributed by atoms with Gasteiger partial charge in [0.1, 0.15) is 5.69 Å². The lowest BCUT2D eigenvalue weighted by molar-refractivity contribution is -0.383. The van der Waals surface area contributed by atoms with Gasteiger partial charge >= 0.3 is 6.03 Å². The predicted octanol–water partition coefficient (Wildman–Crippen LogP) is 2.00. The molecular formula is C13H15N5O3. The maximum atomic E-state index is 11.9. The van der Waals surface area contributed by atoms with Crippen LogP contribution in [0.25, 0.3) is 0 Å². The minimum Gasteiger partial charge on any atom is -0.334 e. The summed E-state index contributed by atoms with van der Waals surface area (Å²) in [5, 5.41) is 20.1. The Morgan fingerprint density at radius 2 is 2.19 bits per heavy atom. The third kappa shape index (κ3) is 4.03. The molecule has 1 aromatic heterocycles. The van der Waals surface area contributed by atoms with Crippen molar-refractivity contribution in [2.45, 2.75) is 19.5 Å². The highest BCUT2D eigenvalue weighted by atomic mass is 16.6. The smallest absolute Gasteiger partial charge is 0.319 e. The number of nitrogens with zero attached hydrogens (tertiary/aromatic N) is 3. The second-order valence-electron chi connectivity index (χ2n) is 4.50. The largest absolute Gasteiger partial charge is 0.334 e. The summed E-state index contributed by atoms with van der Waals surface area (Å²) in [5.74, 6) is 0. The number of aromatic nitrogens is 2. The van der Waals surface area contributed by atoms with Crippen LogP contribution in [0.2, 0.25) is 0 Å². The van der Waals surface area contributed by atoms with Crippen molar-refractivity contribution < 1.29 is 9.72 Å². The summed E-state index contributed by atoms with van der Waals surface area (Å²) in [6.07, 6.45) is 3.44. The first kappa shape index (κ1) is 14.5. The van der Waals surface area contributed by atoms with Crippen molar-refractivity contribution in [3.05, 3.63) is 52.8 Å². The minimum atomic E-state index is -0.539. The van der Waals surface area contributed by atoms with E-state index in [-0.39, 0.29) is 17.4 Å². The number of nitro groups is 1. The molecule has 8 nitrogen and oxygen atoms in total. The van der Waals surface area contributed by atoms with Crippen molar-refractivity contribution in [2.75, 3.05) is 5.32 Å². The van der Waals surface area contributed by atoms with Gasteiger partial charge < -0.3 is 10.6 Å². The maximum absolute atomic E-state index is 11.9. The number of urea groups is 1. The van der Waals surface area contributed by atoms with Gasteiger partial charge in [0.2, 0.25) is 0 Å². The fraction of sp³-hybridized carbons (Fsp3) is 0.231. The van der Waals surface area contributed by atoms with Gasteiger partial charge in [-0.3, -0.25) is 14.8 Å². The molecule has 21 heavy (non-hydrogen) atoms. The molecule has 0 aliphatic rings. The third-order valence-corrected chi connectivity index (χ3v) is 2.75. The average molecular weight is 289 g/mol. The van der Waals surface area contributed by atoms with Crippen molar-refractivity contribution >= 4 is 17.4 Å². The van der Waals surface area contributed by atoms with Crippen molar-refractivity contribution in [3.63, 3.8) is 0 Å². The summed E-state index contributed by atoms with van der Waals surface area (Å²) < 4.78 is 1.69. The van der Waals surface area contributed by atoms with E-state index in [0.29, 0.717) is 6.54 Å². The fourth-order valence-electron chi connectivity index (χ4n) is 1.86. The van der Waals surface area contributed by atoms with Crippen molar-refractivity contribution in [1.82, 2.24) is 15.1 Å². The molecule has 0 aliphatic carbocycles. The van der Waals surface area contributed by atoms with Crippen LogP contribution in [0.15, 0.2) is 42.7 Å². The van der Waals surface area contributed by atoms with Crippen molar-refractivity contribution in [3.8, 4) is 0 Å². The molecule has 0 fully saturated rings. The van der Waals surface area contributed by atoms with Gasteiger partial charge in [-0.2, -0.15) is 5.10 Å². The van der Waals surface area contributed by atoms with Gasteiger partial charge in [0.05, 0.1) is 11.5 Å². The highest BCUT2D eigenvalue weighted by Gasteiger charge is 2.15. The SMILES string of the molecule is C[C@@H](Cn1cccn1)NC(=O)Nc1ccccc1[N+](=O)[O-]. The lowest BCUT2D eigenvalue weighted by Gasteiger charge is -2.14. The summed E-state index contributed by atoms with van der Waals surface area (Å²) in [6, 6.07) is 7.10. The van der Waals surface area contributed by atoms with E-state index in [0.717, 1.165) is 0 Å². The molecule has 0 aliphatic heterocycles. The van der Waals surface area contributed by atoms with E-state index in [1.807, 2.05) is 6.92 Å². The minimum absolute atomic E-state index is 0.146. The summed E-state index contributed by atoms with van der Waals surface area (Å²) in [7, 11) is 0.